The quantitative estimate of drug-likeness (QED) is 0.643. The number of nitrogens with zero attached hydrogens (tertiary/aromatic N) is 1. The van der Waals surface area contributed by atoms with Gasteiger partial charge in [-0.2, -0.15) is 0 Å². The van der Waals surface area contributed by atoms with E-state index in [1.54, 1.807) is 50.2 Å². The number of amides is 1. The van der Waals surface area contributed by atoms with Gasteiger partial charge in [-0.3, -0.25) is 4.79 Å². The molecule has 0 fully saturated rings. The Kier molecular flexibility index (Phi) is 5.61. The third kappa shape index (κ3) is 4.20. The first kappa shape index (κ1) is 18.7. The summed E-state index contributed by atoms with van der Waals surface area (Å²) in [6.45, 7) is 2.90. The van der Waals surface area contributed by atoms with Gasteiger partial charge in [-0.05, 0) is 32.0 Å². The van der Waals surface area contributed by atoms with E-state index in [0.717, 1.165) is 0 Å². The molecule has 0 aliphatic heterocycles. The van der Waals surface area contributed by atoms with E-state index in [1.807, 2.05) is 0 Å². The van der Waals surface area contributed by atoms with Crippen LogP contribution in [0.1, 0.15) is 34.8 Å². The highest BCUT2D eigenvalue weighted by atomic mass is 35.5. The van der Waals surface area contributed by atoms with Gasteiger partial charge in [0.2, 0.25) is 0 Å². The average molecular weight is 389 g/mol. The molecule has 0 aliphatic carbocycles. The van der Waals surface area contributed by atoms with Crippen molar-refractivity contribution < 1.29 is 23.3 Å². The molecule has 0 saturated heterocycles. The van der Waals surface area contributed by atoms with Crippen molar-refractivity contribution in [1.29, 1.82) is 0 Å². The third-order valence-corrected chi connectivity index (χ3v) is 4.21. The lowest BCUT2D eigenvalue weighted by molar-refractivity contribution is -0.125. The molecule has 2 heterocycles. The number of aryl methyl sites for hydroxylation is 1. The smallest absolute Gasteiger partial charge is 0.344 e. The number of nitrogens with one attached hydrogen (secondary N) is 1. The minimum atomic E-state index is -0.718. The Morgan fingerprint density at radius 1 is 1.26 bits per heavy atom. The van der Waals surface area contributed by atoms with E-state index in [4.69, 9.17) is 25.3 Å². The molecule has 0 saturated carbocycles. The molecule has 27 heavy (non-hydrogen) atoms. The summed E-state index contributed by atoms with van der Waals surface area (Å²) < 4.78 is 15.5. The van der Waals surface area contributed by atoms with Crippen LogP contribution in [0.4, 0.5) is 0 Å². The molecule has 7 nitrogen and oxygen atoms in total. The van der Waals surface area contributed by atoms with Crippen molar-refractivity contribution in [3.8, 4) is 11.3 Å². The summed E-state index contributed by atoms with van der Waals surface area (Å²) in [6, 6.07) is 10.1. The number of halogens is 1. The Morgan fingerprint density at radius 2 is 2.04 bits per heavy atom. The SMILES string of the molecule is Cc1onc(-c2ccccc2Cl)c1C(=O)OCC(=O)N[C@@H](C)c1ccco1. The van der Waals surface area contributed by atoms with Crippen LogP contribution in [-0.4, -0.2) is 23.6 Å². The molecule has 0 spiro atoms. The maximum atomic E-state index is 12.5. The molecular weight excluding hydrogens is 372 g/mol. The monoisotopic (exact) mass is 388 g/mol. The van der Waals surface area contributed by atoms with Crippen molar-refractivity contribution in [2.75, 3.05) is 6.61 Å². The number of aromatic nitrogens is 1. The van der Waals surface area contributed by atoms with Crippen LogP contribution >= 0.6 is 11.6 Å². The molecule has 0 aliphatic rings. The topological polar surface area (TPSA) is 94.6 Å². The molecule has 1 atom stereocenters. The molecule has 0 unspecified atom stereocenters. The standard InChI is InChI=1S/C19H17ClN2O5/c1-11(15-8-5-9-25-15)21-16(23)10-26-19(24)17-12(2)27-22-18(17)13-6-3-4-7-14(13)20/h3-9,11H,10H2,1-2H3,(H,21,23)/t11-/m0/s1. The fourth-order valence-corrected chi connectivity index (χ4v) is 2.77. The first-order chi connectivity index (χ1) is 13.0. The van der Waals surface area contributed by atoms with Gasteiger partial charge in [0.1, 0.15) is 22.8 Å². The molecule has 3 aromatic rings. The van der Waals surface area contributed by atoms with Crippen molar-refractivity contribution in [3.63, 3.8) is 0 Å². The average Bonchev–Trinajstić information content (AvgIpc) is 3.30. The fraction of sp³-hybridized carbons (Fsp3) is 0.211. The molecule has 0 bridgehead atoms. The maximum Gasteiger partial charge on any atom is 0.344 e. The van der Waals surface area contributed by atoms with E-state index in [1.165, 1.54) is 6.26 Å². The van der Waals surface area contributed by atoms with Gasteiger partial charge in [-0.15, -0.1) is 0 Å². The number of carbonyl (C=O) groups is 2. The second-order valence-electron chi connectivity index (χ2n) is 5.82. The van der Waals surface area contributed by atoms with Crippen LogP contribution in [0.3, 0.4) is 0 Å². The Labute approximate surface area is 160 Å². The van der Waals surface area contributed by atoms with Gasteiger partial charge in [0.05, 0.1) is 17.3 Å². The highest BCUT2D eigenvalue weighted by Crippen LogP contribution is 2.31. The summed E-state index contributed by atoms with van der Waals surface area (Å²) in [5.41, 5.74) is 0.946. The number of rotatable bonds is 6. The normalized spacial score (nSPS) is 11.8. The number of hydrogen-bond acceptors (Lipinski definition) is 6. The van der Waals surface area contributed by atoms with Crippen LogP contribution in [0.2, 0.25) is 5.02 Å². The number of benzene rings is 1. The van der Waals surface area contributed by atoms with E-state index >= 15 is 0 Å². The third-order valence-electron chi connectivity index (χ3n) is 3.88. The van der Waals surface area contributed by atoms with Gasteiger partial charge in [-0.25, -0.2) is 4.79 Å². The minimum absolute atomic E-state index is 0.134. The van der Waals surface area contributed by atoms with E-state index in [9.17, 15) is 9.59 Å². The summed E-state index contributed by atoms with van der Waals surface area (Å²) in [5.74, 6) is -0.296. The lowest BCUT2D eigenvalue weighted by Crippen LogP contribution is -2.31. The number of furan rings is 1. The van der Waals surface area contributed by atoms with Crippen molar-refractivity contribution in [1.82, 2.24) is 10.5 Å². The lowest BCUT2D eigenvalue weighted by atomic mass is 10.1. The largest absolute Gasteiger partial charge is 0.467 e. The van der Waals surface area contributed by atoms with Crippen molar-refractivity contribution in [2.24, 2.45) is 0 Å². The highest BCUT2D eigenvalue weighted by Gasteiger charge is 2.25. The molecule has 8 heteroatoms. The molecule has 3 rings (SSSR count). The second kappa shape index (κ2) is 8.09. The van der Waals surface area contributed by atoms with E-state index < -0.39 is 18.5 Å². The Bertz CT molecular complexity index is 949. The van der Waals surface area contributed by atoms with Crippen molar-refractivity contribution >= 4 is 23.5 Å². The van der Waals surface area contributed by atoms with Gasteiger partial charge < -0.3 is 19.0 Å². The highest BCUT2D eigenvalue weighted by molar-refractivity contribution is 6.33. The summed E-state index contributed by atoms with van der Waals surface area (Å²) >= 11 is 6.17. The molecule has 1 amide bonds. The van der Waals surface area contributed by atoms with Crippen LogP contribution in [0.15, 0.2) is 51.6 Å². The Morgan fingerprint density at radius 3 is 2.74 bits per heavy atom. The lowest BCUT2D eigenvalue weighted by Gasteiger charge is -2.11. The molecule has 2 aromatic heterocycles. The first-order valence-corrected chi connectivity index (χ1v) is 8.56. The minimum Gasteiger partial charge on any atom is -0.467 e. The first-order valence-electron chi connectivity index (χ1n) is 8.18. The molecule has 0 radical (unpaired) electrons. The fourth-order valence-electron chi connectivity index (χ4n) is 2.54. The summed E-state index contributed by atoms with van der Waals surface area (Å²) in [4.78, 5) is 24.5. The van der Waals surface area contributed by atoms with Crippen LogP contribution in [0.25, 0.3) is 11.3 Å². The summed E-state index contributed by atoms with van der Waals surface area (Å²) in [6.07, 6.45) is 1.52. The van der Waals surface area contributed by atoms with Gasteiger partial charge in [0, 0.05) is 5.56 Å². The molecule has 1 N–H and O–H groups in total. The number of ether oxygens (including phenoxy) is 1. The molecule has 140 valence electrons. The second-order valence-corrected chi connectivity index (χ2v) is 6.23. The zero-order chi connectivity index (χ0) is 19.4. The van der Waals surface area contributed by atoms with Gasteiger partial charge >= 0.3 is 5.97 Å². The van der Waals surface area contributed by atoms with Crippen LogP contribution < -0.4 is 5.32 Å². The van der Waals surface area contributed by atoms with Crippen LogP contribution in [0.5, 0.6) is 0 Å². The van der Waals surface area contributed by atoms with E-state index in [-0.39, 0.29) is 23.1 Å². The zero-order valence-electron chi connectivity index (χ0n) is 14.7. The number of esters is 1. The van der Waals surface area contributed by atoms with E-state index in [0.29, 0.717) is 16.3 Å². The van der Waals surface area contributed by atoms with Crippen LogP contribution in [-0.2, 0) is 9.53 Å². The number of hydrogen-bond donors (Lipinski definition) is 1. The summed E-state index contributed by atoms with van der Waals surface area (Å²) in [7, 11) is 0. The van der Waals surface area contributed by atoms with E-state index in [2.05, 4.69) is 10.5 Å². The van der Waals surface area contributed by atoms with Crippen LogP contribution in [0, 0.1) is 6.92 Å². The van der Waals surface area contributed by atoms with Gasteiger partial charge in [-0.1, -0.05) is 35.0 Å². The Hall–Kier alpha value is -3.06. The van der Waals surface area contributed by atoms with Crippen molar-refractivity contribution in [2.45, 2.75) is 19.9 Å². The van der Waals surface area contributed by atoms with Gasteiger partial charge in [0.25, 0.3) is 5.91 Å². The molecule has 1 aromatic carbocycles. The zero-order valence-corrected chi connectivity index (χ0v) is 15.4. The predicted molar refractivity (Wildman–Crippen MR) is 97.2 cm³/mol. The Balaban J connectivity index is 1.68. The predicted octanol–water partition coefficient (Wildman–Crippen LogP) is 3.93. The van der Waals surface area contributed by atoms with Gasteiger partial charge in [0.15, 0.2) is 6.61 Å². The number of carbonyl (C=O) groups excluding carboxylic acids is 2. The van der Waals surface area contributed by atoms with Crippen molar-refractivity contribution in [3.05, 3.63) is 64.8 Å². The summed E-state index contributed by atoms with van der Waals surface area (Å²) in [5, 5.41) is 7.01. The maximum absolute atomic E-state index is 12.5. The molecular formula is C19H17ClN2O5.